The number of aromatic nitrogens is 1. The molecular weight excluding hydrogens is 252 g/mol. The maximum Gasteiger partial charge on any atom is 0.274 e. The fourth-order valence-corrected chi connectivity index (χ4v) is 1.81. The second-order valence-electron chi connectivity index (χ2n) is 4.82. The predicted octanol–water partition coefficient (Wildman–Crippen LogP) is 3.43. The molecule has 104 valence electrons. The van der Waals surface area contributed by atoms with Crippen LogP contribution in [-0.2, 0) is 0 Å². The molecule has 0 unspecified atom stereocenters. The summed E-state index contributed by atoms with van der Waals surface area (Å²) >= 11 is 0. The minimum absolute atomic E-state index is 0.127. The van der Waals surface area contributed by atoms with Crippen molar-refractivity contribution in [2.45, 2.75) is 26.9 Å². The number of benzene rings is 1. The van der Waals surface area contributed by atoms with Crippen LogP contribution in [-0.4, -0.2) is 17.0 Å². The van der Waals surface area contributed by atoms with E-state index in [0.29, 0.717) is 5.69 Å². The number of carbonyl (C=O) groups excluding carboxylic acids is 1. The Kier molecular flexibility index (Phi) is 4.35. The van der Waals surface area contributed by atoms with Gasteiger partial charge >= 0.3 is 0 Å². The Morgan fingerprint density at radius 3 is 2.65 bits per heavy atom. The van der Waals surface area contributed by atoms with Gasteiger partial charge in [0.1, 0.15) is 11.4 Å². The van der Waals surface area contributed by atoms with Crippen molar-refractivity contribution < 1.29 is 9.53 Å². The molecule has 2 aromatic rings. The molecule has 0 radical (unpaired) electrons. The number of pyridine rings is 1. The number of amides is 1. The third-order valence-corrected chi connectivity index (χ3v) is 2.69. The first-order chi connectivity index (χ1) is 9.56. The lowest BCUT2D eigenvalue weighted by atomic mass is 10.2. The summed E-state index contributed by atoms with van der Waals surface area (Å²) in [5.41, 5.74) is 2.11. The van der Waals surface area contributed by atoms with Crippen molar-refractivity contribution >= 4 is 11.6 Å². The number of hydrogen-bond acceptors (Lipinski definition) is 3. The van der Waals surface area contributed by atoms with Crippen molar-refractivity contribution in [3.05, 3.63) is 53.9 Å². The SMILES string of the molecule is Cc1cc(NC(=O)c2ccccn2)ccc1OC(C)C. The molecule has 0 saturated carbocycles. The second kappa shape index (κ2) is 6.19. The Hall–Kier alpha value is -2.36. The van der Waals surface area contributed by atoms with Crippen LogP contribution in [0.15, 0.2) is 42.6 Å². The lowest BCUT2D eigenvalue weighted by Crippen LogP contribution is -2.13. The first-order valence-corrected chi connectivity index (χ1v) is 6.56. The summed E-state index contributed by atoms with van der Waals surface area (Å²) < 4.78 is 5.66. The number of hydrogen-bond donors (Lipinski definition) is 1. The summed E-state index contributed by atoms with van der Waals surface area (Å²) in [6, 6.07) is 10.8. The molecule has 1 aromatic carbocycles. The van der Waals surface area contributed by atoms with Gasteiger partial charge < -0.3 is 10.1 Å². The van der Waals surface area contributed by atoms with Crippen LogP contribution in [0.4, 0.5) is 5.69 Å². The highest BCUT2D eigenvalue weighted by Gasteiger charge is 2.08. The van der Waals surface area contributed by atoms with Gasteiger partial charge in [0.15, 0.2) is 0 Å². The number of aryl methyl sites for hydroxylation is 1. The zero-order valence-corrected chi connectivity index (χ0v) is 11.9. The molecule has 0 aliphatic rings. The lowest BCUT2D eigenvalue weighted by Gasteiger charge is -2.13. The molecule has 1 aromatic heterocycles. The highest BCUT2D eigenvalue weighted by molar-refractivity contribution is 6.02. The molecule has 0 spiro atoms. The topological polar surface area (TPSA) is 51.2 Å². The number of ether oxygens (including phenoxy) is 1. The summed E-state index contributed by atoms with van der Waals surface area (Å²) in [5, 5.41) is 2.82. The maximum atomic E-state index is 12.0. The molecule has 0 saturated heterocycles. The van der Waals surface area contributed by atoms with Crippen molar-refractivity contribution in [1.82, 2.24) is 4.98 Å². The summed E-state index contributed by atoms with van der Waals surface area (Å²) in [7, 11) is 0. The monoisotopic (exact) mass is 270 g/mol. The van der Waals surface area contributed by atoms with Gasteiger partial charge in [0.25, 0.3) is 5.91 Å². The third kappa shape index (κ3) is 3.57. The number of nitrogens with zero attached hydrogens (tertiary/aromatic N) is 1. The second-order valence-corrected chi connectivity index (χ2v) is 4.82. The van der Waals surface area contributed by atoms with Gasteiger partial charge in [-0.25, -0.2) is 0 Å². The van der Waals surface area contributed by atoms with Gasteiger partial charge in [-0.15, -0.1) is 0 Å². The highest BCUT2D eigenvalue weighted by atomic mass is 16.5. The number of anilines is 1. The van der Waals surface area contributed by atoms with Crippen molar-refractivity contribution in [2.24, 2.45) is 0 Å². The van der Waals surface area contributed by atoms with E-state index in [0.717, 1.165) is 17.0 Å². The van der Waals surface area contributed by atoms with Gasteiger partial charge in [-0.2, -0.15) is 0 Å². The van der Waals surface area contributed by atoms with E-state index in [9.17, 15) is 4.79 Å². The summed E-state index contributed by atoms with van der Waals surface area (Å²) in [5.74, 6) is 0.610. The van der Waals surface area contributed by atoms with Crippen LogP contribution in [0.5, 0.6) is 5.75 Å². The fraction of sp³-hybridized carbons (Fsp3) is 0.250. The van der Waals surface area contributed by atoms with Crippen molar-refractivity contribution in [3.63, 3.8) is 0 Å². The molecule has 0 aliphatic heterocycles. The molecule has 0 atom stereocenters. The van der Waals surface area contributed by atoms with E-state index in [1.165, 1.54) is 0 Å². The van der Waals surface area contributed by atoms with Crippen LogP contribution >= 0.6 is 0 Å². The average Bonchev–Trinajstić information content (AvgIpc) is 2.42. The molecule has 1 N–H and O–H groups in total. The van der Waals surface area contributed by atoms with Crippen LogP contribution in [0.3, 0.4) is 0 Å². The summed E-state index contributed by atoms with van der Waals surface area (Å²) in [6.07, 6.45) is 1.72. The highest BCUT2D eigenvalue weighted by Crippen LogP contribution is 2.23. The van der Waals surface area contributed by atoms with E-state index >= 15 is 0 Å². The standard InChI is InChI=1S/C16H18N2O2/c1-11(2)20-15-8-7-13(10-12(15)3)18-16(19)14-6-4-5-9-17-14/h4-11H,1-3H3,(H,18,19). The van der Waals surface area contributed by atoms with Gasteiger partial charge in [-0.3, -0.25) is 9.78 Å². The van der Waals surface area contributed by atoms with Crippen LogP contribution < -0.4 is 10.1 Å². The van der Waals surface area contributed by atoms with Gasteiger partial charge in [0.05, 0.1) is 6.10 Å². The lowest BCUT2D eigenvalue weighted by molar-refractivity contribution is 0.102. The van der Waals surface area contributed by atoms with Gasteiger partial charge in [0, 0.05) is 11.9 Å². The molecule has 4 nitrogen and oxygen atoms in total. The fourth-order valence-electron chi connectivity index (χ4n) is 1.81. The number of rotatable bonds is 4. The largest absolute Gasteiger partial charge is 0.491 e. The minimum atomic E-state index is -0.220. The van der Waals surface area contributed by atoms with E-state index < -0.39 is 0 Å². The maximum absolute atomic E-state index is 12.0. The summed E-state index contributed by atoms with van der Waals surface area (Å²) in [4.78, 5) is 16.0. The Morgan fingerprint density at radius 1 is 1.25 bits per heavy atom. The van der Waals surface area contributed by atoms with Gasteiger partial charge in [0.2, 0.25) is 0 Å². The average molecular weight is 270 g/mol. The molecule has 0 bridgehead atoms. The van der Waals surface area contributed by atoms with Crippen molar-refractivity contribution in [3.8, 4) is 5.75 Å². The zero-order chi connectivity index (χ0) is 14.5. The molecule has 20 heavy (non-hydrogen) atoms. The van der Waals surface area contributed by atoms with Crippen molar-refractivity contribution in [1.29, 1.82) is 0 Å². The van der Waals surface area contributed by atoms with Gasteiger partial charge in [-0.05, 0) is 56.7 Å². The van der Waals surface area contributed by atoms with Crippen LogP contribution in [0.2, 0.25) is 0 Å². The van der Waals surface area contributed by atoms with Crippen LogP contribution in [0.25, 0.3) is 0 Å². The molecule has 2 rings (SSSR count). The van der Waals surface area contributed by atoms with E-state index in [-0.39, 0.29) is 12.0 Å². The third-order valence-electron chi connectivity index (χ3n) is 2.69. The van der Waals surface area contributed by atoms with Crippen LogP contribution in [0.1, 0.15) is 29.9 Å². The number of carbonyl (C=O) groups is 1. The molecular formula is C16H18N2O2. The first kappa shape index (κ1) is 14.1. The smallest absolute Gasteiger partial charge is 0.274 e. The molecule has 0 aliphatic carbocycles. The first-order valence-electron chi connectivity index (χ1n) is 6.56. The minimum Gasteiger partial charge on any atom is -0.491 e. The molecule has 1 heterocycles. The van der Waals surface area contributed by atoms with E-state index in [2.05, 4.69) is 10.3 Å². The molecule has 0 fully saturated rings. The predicted molar refractivity (Wildman–Crippen MR) is 79.1 cm³/mol. The molecule has 4 heteroatoms. The Morgan fingerprint density at radius 2 is 2.05 bits per heavy atom. The van der Waals surface area contributed by atoms with E-state index in [1.807, 2.05) is 39.0 Å². The number of nitrogens with one attached hydrogen (secondary N) is 1. The van der Waals surface area contributed by atoms with E-state index in [4.69, 9.17) is 4.74 Å². The van der Waals surface area contributed by atoms with Gasteiger partial charge in [-0.1, -0.05) is 6.07 Å². The Bertz CT molecular complexity index is 595. The Labute approximate surface area is 118 Å². The molecule has 1 amide bonds. The zero-order valence-electron chi connectivity index (χ0n) is 11.9. The summed E-state index contributed by atoms with van der Waals surface area (Å²) in [6.45, 7) is 5.92. The normalized spacial score (nSPS) is 10.4. The van der Waals surface area contributed by atoms with Crippen molar-refractivity contribution in [2.75, 3.05) is 5.32 Å². The van der Waals surface area contributed by atoms with Crippen LogP contribution in [0, 0.1) is 6.92 Å². The van der Waals surface area contributed by atoms with E-state index in [1.54, 1.807) is 24.4 Å². The quantitative estimate of drug-likeness (QED) is 0.926. The Balaban J connectivity index is 2.11.